The summed E-state index contributed by atoms with van der Waals surface area (Å²) in [4.78, 5) is 0. The predicted octanol–water partition coefficient (Wildman–Crippen LogP) is 3.49. The van der Waals surface area contributed by atoms with Crippen LogP contribution >= 0.6 is 0 Å². The van der Waals surface area contributed by atoms with Crippen LogP contribution in [0, 0.1) is 35.4 Å². The van der Waals surface area contributed by atoms with Crippen LogP contribution in [0.3, 0.4) is 0 Å². The fraction of sp³-hybridized carbons (Fsp3) is 0.125. The van der Waals surface area contributed by atoms with E-state index in [4.69, 9.17) is 10.5 Å². The van der Waals surface area contributed by atoms with Crippen molar-refractivity contribution in [3.63, 3.8) is 0 Å². The van der Waals surface area contributed by atoms with Crippen molar-refractivity contribution >= 4 is 5.69 Å². The molecule has 0 aliphatic rings. The molecule has 0 fully saturated rings. The molecule has 0 aliphatic heterocycles. The van der Waals surface area contributed by atoms with Crippen molar-refractivity contribution in [3.05, 3.63) is 64.5 Å². The van der Waals surface area contributed by atoms with Gasteiger partial charge in [-0.1, -0.05) is 12.1 Å². The van der Waals surface area contributed by atoms with Crippen LogP contribution in [0.25, 0.3) is 0 Å². The Balaban J connectivity index is 2.22. The van der Waals surface area contributed by atoms with Crippen molar-refractivity contribution in [2.24, 2.45) is 0 Å². The lowest BCUT2D eigenvalue weighted by atomic mass is 10.1. The number of benzene rings is 2. The molecule has 0 aromatic heterocycles. The molecule has 1 N–H and O–H groups in total. The van der Waals surface area contributed by atoms with Gasteiger partial charge in [0.1, 0.15) is 11.9 Å². The summed E-state index contributed by atoms with van der Waals surface area (Å²) in [5.41, 5.74) is 3.10. The highest BCUT2D eigenvalue weighted by Gasteiger charge is 2.05. The van der Waals surface area contributed by atoms with Crippen LogP contribution in [0.15, 0.2) is 36.4 Å². The van der Waals surface area contributed by atoms with Crippen LogP contribution in [-0.2, 0) is 6.54 Å². The molecule has 0 unspecified atom stereocenters. The minimum absolute atomic E-state index is 0.284. The number of hydrogen-bond acceptors (Lipinski definition) is 3. The highest BCUT2D eigenvalue weighted by molar-refractivity contribution is 5.60. The first-order valence-corrected chi connectivity index (χ1v) is 6.07. The maximum absolute atomic E-state index is 13.3. The number of aryl methyl sites for hydroxylation is 1. The van der Waals surface area contributed by atoms with E-state index in [1.165, 1.54) is 12.1 Å². The van der Waals surface area contributed by atoms with Crippen molar-refractivity contribution < 1.29 is 4.39 Å². The molecule has 0 amide bonds. The van der Waals surface area contributed by atoms with Gasteiger partial charge in [0.05, 0.1) is 22.9 Å². The summed E-state index contributed by atoms with van der Waals surface area (Å²) in [6.07, 6.45) is 0. The summed E-state index contributed by atoms with van der Waals surface area (Å²) in [5.74, 6) is -0.439. The number of nitrogens with zero attached hydrogens (tertiary/aromatic N) is 2. The van der Waals surface area contributed by atoms with Gasteiger partial charge in [0.25, 0.3) is 0 Å². The second-order valence-electron chi connectivity index (χ2n) is 4.42. The number of nitrogens with one attached hydrogen (secondary N) is 1. The van der Waals surface area contributed by atoms with Crippen LogP contribution in [0.2, 0.25) is 0 Å². The molecule has 20 heavy (non-hydrogen) atoms. The minimum Gasteiger partial charge on any atom is -0.380 e. The zero-order chi connectivity index (χ0) is 14.5. The van der Waals surface area contributed by atoms with Gasteiger partial charge in [0.15, 0.2) is 0 Å². The smallest absolute Gasteiger partial charge is 0.124 e. The zero-order valence-electron chi connectivity index (χ0n) is 10.9. The third-order valence-electron chi connectivity index (χ3n) is 2.95. The first kappa shape index (κ1) is 13.6. The van der Waals surface area contributed by atoms with Crippen molar-refractivity contribution in [2.75, 3.05) is 5.32 Å². The first-order valence-electron chi connectivity index (χ1n) is 6.07. The van der Waals surface area contributed by atoms with Crippen molar-refractivity contribution in [1.82, 2.24) is 0 Å². The molecule has 98 valence electrons. The van der Waals surface area contributed by atoms with E-state index in [0.29, 0.717) is 23.4 Å². The minimum atomic E-state index is -0.439. The summed E-state index contributed by atoms with van der Waals surface area (Å²) in [7, 11) is 0. The molecular formula is C16H12FN3. The number of nitriles is 2. The largest absolute Gasteiger partial charge is 0.380 e. The molecule has 0 bridgehead atoms. The predicted molar refractivity (Wildman–Crippen MR) is 74.3 cm³/mol. The van der Waals surface area contributed by atoms with Crippen molar-refractivity contribution in [1.29, 1.82) is 10.5 Å². The van der Waals surface area contributed by atoms with Crippen LogP contribution in [0.1, 0.15) is 22.3 Å². The summed E-state index contributed by atoms with van der Waals surface area (Å²) in [5, 5.41) is 21.0. The Morgan fingerprint density at radius 3 is 2.65 bits per heavy atom. The van der Waals surface area contributed by atoms with Gasteiger partial charge in [-0.2, -0.15) is 10.5 Å². The molecule has 2 aromatic rings. The van der Waals surface area contributed by atoms with E-state index in [1.807, 2.05) is 25.1 Å². The Hall–Kier alpha value is -2.85. The summed E-state index contributed by atoms with van der Waals surface area (Å²) >= 11 is 0. The number of anilines is 1. The van der Waals surface area contributed by atoms with Gasteiger partial charge in [0, 0.05) is 6.54 Å². The summed E-state index contributed by atoms with van der Waals surface area (Å²) in [6, 6.07) is 13.8. The third kappa shape index (κ3) is 2.93. The topological polar surface area (TPSA) is 59.6 Å². The molecule has 0 aliphatic carbocycles. The van der Waals surface area contributed by atoms with Crippen LogP contribution in [0.5, 0.6) is 0 Å². The summed E-state index contributed by atoms with van der Waals surface area (Å²) < 4.78 is 13.3. The van der Waals surface area contributed by atoms with Gasteiger partial charge in [-0.3, -0.25) is 0 Å². The van der Waals surface area contributed by atoms with E-state index in [9.17, 15) is 4.39 Å². The fourth-order valence-corrected chi connectivity index (χ4v) is 1.98. The van der Waals surface area contributed by atoms with E-state index in [-0.39, 0.29) is 5.56 Å². The van der Waals surface area contributed by atoms with Gasteiger partial charge in [0.2, 0.25) is 0 Å². The average molecular weight is 265 g/mol. The Morgan fingerprint density at radius 1 is 1.15 bits per heavy atom. The Bertz CT molecular complexity index is 723. The Morgan fingerprint density at radius 2 is 1.95 bits per heavy atom. The van der Waals surface area contributed by atoms with E-state index >= 15 is 0 Å². The normalized spacial score (nSPS) is 9.60. The molecule has 4 heteroatoms. The average Bonchev–Trinajstić information content (AvgIpc) is 2.44. The van der Waals surface area contributed by atoms with E-state index in [0.717, 1.165) is 5.56 Å². The van der Waals surface area contributed by atoms with Gasteiger partial charge in [-0.15, -0.1) is 0 Å². The standard InChI is InChI=1S/C16H12FN3/c1-11-3-2-4-16(15(11)9-19)20-10-13-5-12(8-18)6-14(17)7-13/h2-7,20H,10H2,1H3. The lowest BCUT2D eigenvalue weighted by Gasteiger charge is -2.10. The lowest BCUT2D eigenvalue weighted by molar-refractivity contribution is 0.625. The zero-order valence-corrected chi connectivity index (χ0v) is 10.9. The van der Waals surface area contributed by atoms with Crippen LogP contribution in [0.4, 0.5) is 10.1 Å². The molecular weight excluding hydrogens is 253 g/mol. The SMILES string of the molecule is Cc1cccc(NCc2cc(F)cc(C#N)c2)c1C#N. The Kier molecular flexibility index (Phi) is 3.98. The molecule has 0 saturated carbocycles. The Labute approximate surface area is 116 Å². The van der Waals surface area contributed by atoms with Crippen LogP contribution in [-0.4, -0.2) is 0 Å². The third-order valence-corrected chi connectivity index (χ3v) is 2.95. The maximum atomic E-state index is 13.3. The second kappa shape index (κ2) is 5.86. The molecule has 0 spiro atoms. The molecule has 3 nitrogen and oxygen atoms in total. The van der Waals surface area contributed by atoms with Crippen molar-refractivity contribution in [3.8, 4) is 12.1 Å². The van der Waals surface area contributed by atoms with E-state index in [1.54, 1.807) is 12.1 Å². The molecule has 2 aromatic carbocycles. The monoisotopic (exact) mass is 265 g/mol. The molecule has 0 saturated heterocycles. The van der Waals surface area contributed by atoms with Crippen molar-refractivity contribution in [2.45, 2.75) is 13.5 Å². The van der Waals surface area contributed by atoms with Gasteiger partial charge in [-0.05, 0) is 42.3 Å². The second-order valence-corrected chi connectivity index (χ2v) is 4.42. The highest BCUT2D eigenvalue weighted by atomic mass is 19.1. The summed E-state index contributed by atoms with van der Waals surface area (Å²) in [6.45, 7) is 2.21. The van der Waals surface area contributed by atoms with Gasteiger partial charge >= 0.3 is 0 Å². The highest BCUT2D eigenvalue weighted by Crippen LogP contribution is 2.19. The van der Waals surface area contributed by atoms with Gasteiger partial charge in [-0.25, -0.2) is 4.39 Å². The van der Waals surface area contributed by atoms with Gasteiger partial charge < -0.3 is 5.32 Å². The quantitative estimate of drug-likeness (QED) is 0.924. The molecule has 2 rings (SSSR count). The van der Waals surface area contributed by atoms with E-state index in [2.05, 4.69) is 11.4 Å². The maximum Gasteiger partial charge on any atom is 0.124 e. The molecule has 0 atom stereocenters. The number of rotatable bonds is 3. The first-order chi connectivity index (χ1) is 9.63. The van der Waals surface area contributed by atoms with E-state index < -0.39 is 5.82 Å². The fourth-order valence-electron chi connectivity index (χ4n) is 1.98. The molecule has 0 heterocycles. The molecule has 0 radical (unpaired) electrons. The number of hydrogen-bond donors (Lipinski definition) is 1. The number of halogens is 1. The van der Waals surface area contributed by atoms with Crippen LogP contribution < -0.4 is 5.32 Å². The lowest BCUT2D eigenvalue weighted by Crippen LogP contribution is -2.03.